The third-order valence-electron chi connectivity index (χ3n) is 7.32. The summed E-state index contributed by atoms with van der Waals surface area (Å²) in [4.78, 5) is 22.9. The van der Waals surface area contributed by atoms with E-state index in [9.17, 15) is 4.79 Å². The molecule has 2 heterocycles. The molecule has 3 N–H and O–H groups in total. The fourth-order valence-corrected chi connectivity index (χ4v) is 5.31. The van der Waals surface area contributed by atoms with E-state index in [4.69, 9.17) is 10.7 Å². The van der Waals surface area contributed by atoms with Crippen LogP contribution >= 0.6 is 0 Å². The first-order valence-electron chi connectivity index (χ1n) is 10.3. The van der Waals surface area contributed by atoms with Crippen molar-refractivity contribution in [3.05, 3.63) is 57.5 Å². The Labute approximate surface area is 165 Å². The van der Waals surface area contributed by atoms with Crippen LogP contribution in [0.5, 0.6) is 0 Å². The highest BCUT2D eigenvalue weighted by molar-refractivity contribution is 5.58. The molecule has 0 saturated heterocycles. The fraction of sp³-hybridized carbons (Fsp3) is 0.478. The number of fused-ring (bicyclic) bond motifs is 2. The van der Waals surface area contributed by atoms with Gasteiger partial charge >= 0.3 is 0 Å². The Hall–Kier alpha value is -2.40. The lowest BCUT2D eigenvalue weighted by molar-refractivity contribution is -0.0110. The summed E-state index contributed by atoms with van der Waals surface area (Å²) in [7, 11) is 0. The number of nitrogens with two attached hydrogens (primary N) is 1. The molecule has 1 saturated carbocycles. The predicted octanol–water partition coefficient (Wildman–Crippen LogP) is 3.37. The number of rotatable bonds is 3. The van der Waals surface area contributed by atoms with Crippen molar-refractivity contribution in [3.63, 3.8) is 0 Å². The Morgan fingerprint density at radius 2 is 2.07 bits per heavy atom. The molecule has 0 amide bonds. The normalized spacial score (nSPS) is 25.6. The van der Waals surface area contributed by atoms with E-state index >= 15 is 0 Å². The number of nitrogen functional groups attached to an aromatic ring is 1. The number of anilines is 1. The Bertz CT molecular complexity index is 1000. The molecule has 28 heavy (non-hydrogen) atoms. The van der Waals surface area contributed by atoms with Crippen LogP contribution in [0.1, 0.15) is 37.9 Å². The van der Waals surface area contributed by atoms with E-state index in [-0.39, 0.29) is 5.56 Å². The van der Waals surface area contributed by atoms with Crippen LogP contribution < -0.4 is 11.3 Å². The second-order valence-electron chi connectivity index (χ2n) is 9.24. The number of benzene rings is 1. The second-order valence-corrected chi connectivity index (χ2v) is 9.24. The fourth-order valence-electron chi connectivity index (χ4n) is 5.31. The van der Waals surface area contributed by atoms with Crippen molar-refractivity contribution in [2.75, 3.05) is 18.8 Å². The number of nitrogens with zero attached hydrogens (tertiary/aromatic N) is 2. The van der Waals surface area contributed by atoms with Crippen LogP contribution in [0, 0.1) is 17.3 Å². The molecule has 2 unspecified atom stereocenters. The molecule has 146 valence electrons. The van der Waals surface area contributed by atoms with Crippen molar-refractivity contribution < 1.29 is 0 Å². The van der Waals surface area contributed by atoms with Crippen molar-refractivity contribution in [1.29, 1.82) is 0 Å². The van der Waals surface area contributed by atoms with Gasteiger partial charge in [0.2, 0.25) is 0 Å². The Balaban J connectivity index is 1.36. The zero-order valence-electron chi connectivity index (χ0n) is 16.7. The molecular formula is C23H28N4O. The van der Waals surface area contributed by atoms with E-state index in [2.05, 4.69) is 29.8 Å². The molecule has 2 bridgehead atoms. The monoisotopic (exact) mass is 376 g/mol. The summed E-state index contributed by atoms with van der Waals surface area (Å²) in [6, 6.07) is 7.47. The van der Waals surface area contributed by atoms with E-state index in [1.165, 1.54) is 12.8 Å². The third kappa shape index (κ3) is 2.80. The largest absolute Gasteiger partial charge is 0.399 e. The van der Waals surface area contributed by atoms with Crippen molar-refractivity contribution in [1.82, 2.24) is 14.9 Å². The molecule has 1 aliphatic heterocycles. The third-order valence-corrected chi connectivity index (χ3v) is 7.32. The molecule has 3 aliphatic carbocycles. The molecule has 2 atom stereocenters. The minimum Gasteiger partial charge on any atom is -0.399 e. The van der Waals surface area contributed by atoms with Gasteiger partial charge in [-0.3, -0.25) is 9.69 Å². The van der Waals surface area contributed by atoms with E-state index in [1.807, 2.05) is 24.3 Å². The molecule has 0 spiro atoms. The summed E-state index contributed by atoms with van der Waals surface area (Å²) in [6.07, 6.45) is 5.85. The van der Waals surface area contributed by atoms with Gasteiger partial charge in [-0.15, -0.1) is 0 Å². The van der Waals surface area contributed by atoms with Crippen molar-refractivity contribution in [3.8, 4) is 11.4 Å². The summed E-state index contributed by atoms with van der Waals surface area (Å²) in [5.41, 5.74) is 11.2. The van der Waals surface area contributed by atoms with Gasteiger partial charge in [0.25, 0.3) is 5.56 Å². The van der Waals surface area contributed by atoms with E-state index in [0.29, 0.717) is 23.5 Å². The SMILES string of the molecule is CC1(C)C2CC=C(CN3CCc4nc(-c5ccc(N)cc5)[nH]c(=O)c4C3)C1C2. The predicted molar refractivity (Wildman–Crippen MR) is 112 cm³/mol. The summed E-state index contributed by atoms with van der Waals surface area (Å²) < 4.78 is 0. The number of H-pyrrole nitrogens is 1. The molecule has 5 nitrogen and oxygen atoms in total. The summed E-state index contributed by atoms with van der Waals surface area (Å²) in [5.74, 6) is 2.22. The summed E-state index contributed by atoms with van der Waals surface area (Å²) in [5, 5.41) is 0. The maximum absolute atomic E-state index is 12.8. The van der Waals surface area contributed by atoms with E-state index in [1.54, 1.807) is 5.57 Å². The van der Waals surface area contributed by atoms with Crippen LogP contribution in [0.25, 0.3) is 11.4 Å². The average Bonchev–Trinajstić information content (AvgIpc) is 2.69. The zero-order chi connectivity index (χ0) is 19.5. The quantitative estimate of drug-likeness (QED) is 0.636. The number of allylic oxidation sites excluding steroid dienone is 1. The van der Waals surface area contributed by atoms with Gasteiger partial charge in [-0.05, 0) is 54.4 Å². The first-order chi connectivity index (χ1) is 13.4. The lowest BCUT2D eigenvalue weighted by Crippen LogP contribution is -2.50. The lowest BCUT2D eigenvalue weighted by Gasteiger charge is -2.57. The smallest absolute Gasteiger partial charge is 0.255 e. The van der Waals surface area contributed by atoms with Gasteiger partial charge in [0, 0.05) is 37.3 Å². The topological polar surface area (TPSA) is 75.0 Å². The van der Waals surface area contributed by atoms with Crippen molar-refractivity contribution in [2.24, 2.45) is 17.3 Å². The van der Waals surface area contributed by atoms with Gasteiger partial charge in [0.15, 0.2) is 0 Å². The molecule has 1 aromatic heterocycles. The van der Waals surface area contributed by atoms with Gasteiger partial charge in [0.05, 0.1) is 11.3 Å². The Kier molecular flexibility index (Phi) is 3.98. The maximum Gasteiger partial charge on any atom is 0.255 e. The molecule has 6 rings (SSSR count). The molecule has 1 fully saturated rings. The summed E-state index contributed by atoms with van der Waals surface area (Å²) >= 11 is 0. The van der Waals surface area contributed by atoms with Crippen molar-refractivity contribution in [2.45, 2.75) is 39.7 Å². The van der Waals surface area contributed by atoms with E-state index in [0.717, 1.165) is 48.2 Å². The second kappa shape index (κ2) is 6.31. The highest BCUT2D eigenvalue weighted by Crippen LogP contribution is 2.59. The van der Waals surface area contributed by atoms with Gasteiger partial charge in [-0.1, -0.05) is 25.5 Å². The van der Waals surface area contributed by atoms with Crippen LogP contribution in [0.15, 0.2) is 40.7 Å². The number of nitrogens with one attached hydrogen (secondary N) is 1. The summed E-state index contributed by atoms with van der Waals surface area (Å²) in [6.45, 7) is 7.46. The highest BCUT2D eigenvalue weighted by Gasteiger charge is 2.51. The van der Waals surface area contributed by atoms with Crippen molar-refractivity contribution >= 4 is 5.69 Å². The maximum atomic E-state index is 12.8. The first kappa shape index (κ1) is 17.7. The molecular weight excluding hydrogens is 348 g/mol. The minimum absolute atomic E-state index is 0.0109. The average molecular weight is 377 g/mol. The van der Waals surface area contributed by atoms with Crippen LogP contribution in [-0.2, 0) is 13.0 Å². The zero-order valence-corrected chi connectivity index (χ0v) is 16.7. The van der Waals surface area contributed by atoms with Crippen LogP contribution in [0.3, 0.4) is 0 Å². The number of hydrogen-bond donors (Lipinski definition) is 2. The molecule has 1 aromatic carbocycles. The number of hydrogen-bond acceptors (Lipinski definition) is 4. The standard InChI is InChI=1S/C23H28N4O/c1-23(2)16-6-3-15(19(23)11-16)12-27-10-9-20-18(13-27)22(28)26-21(25-20)14-4-7-17(24)8-5-14/h3-5,7-8,16,19H,6,9-13,24H2,1-2H3,(H,25,26,28). The van der Waals surface area contributed by atoms with Gasteiger partial charge < -0.3 is 10.7 Å². The van der Waals surface area contributed by atoms with E-state index < -0.39 is 0 Å². The van der Waals surface area contributed by atoms with Gasteiger partial charge in [-0.2, -0.15) is 0 Å². The highest BCUT2D eigenvalue weighted by atomic mass is 16.1. The minimum atomic E-state index is -0.0109. The molecule has 0 radical (unpaired) electrons. The van der Waals surface area contributed by atoms with Crippen LogP contribution in [-0.4, -0.2) is 28.0 Å². The van der Waals surface area contributed by atoms with Crippen LogP contribution in [0.4, 0.5) is 5.69 Å². The number of aromatic nitrogens is 2. The van der Waals surface area contributed by atoms with Gasteiger partial charge in [-0.25, -0.2) is 4.98 Å². The molecule has 4 aliphatic rings. The van der Waals surface area contributed by atoms with Gasteiger partial charge in [0.1, 0.15) is 5.82 Å². The Morgan fingerprint density at radius 3 is 2.79 bits per heavy atom. The van der Waals surface area contributed by atoms with Crippen LogP contribution in [0.2, 0.25) is 0 Å². The molecule has 2 aromatic rings. The number of aromatic amines is 1. The lowest BCUT2D eigenvalue weighted by atomic mass is 9.49. The Morgan fingerprint density at radius 1 is 1.29 bits per heavy atom. The molecule has 5 heteroatoms. The first-order valence-corrected chi connectivity index (χ1v) is 10.3.